The maximum atomic E-state index is 13.6. The van der Waals surface area contributed by atoms with Crippen LogP contribution in [0.1, 0.15) is 49.1 Å². The van der Waals surface area contributed by atoms with Crippen LogP contribution in [0, 0.1) is 11.7 Å². The van der Waals surface area contributed by atoms with Crippen molar-refractivity contribution in [2.45, 2.75) is 63.8 Å². The normalized spacial score (nSPS) is 18.4. The van der Waals surface area contributed by atoms with Crippen LogP contribution in [-0.4, -0.2) is 39.6 Å². The number of H-pyrrole nitrogens is 1. The summed E-state index contributed by atoms with van der Waals surface area (Å²) in [5, 5.41) is 18.2. The molecule has 1 aromatic heterocycles. The topological polar surface area (TPSA) is 123 Å². The van der Waals surface area contributed by atoms with Crippen LogP contribution in [0.2, 0.25) is 0 Å². The van der Waals surface area contributed by atoms with Crippen LogP contribution >= 0.6 is 0 Å². The lowest BCUT2D eigenvalue weighted by atomic mass is 9.79. The number of carboxylic acids is 1. The molecule has 12 heteroatoms. The van der Waals surface area contributed by atoms with Gasteiger partial charge in [0.05, 0.1) is 11.1 Å². The zero-order valence-electron chi connectivity index (χ0n) is 21.9. The molecule has 2 aromatic carbocycles. The summed E-state index contributed by atoms with van der Waals surface area (Å²) in [5.74, 6) is -2.90. The first-order chi connectivity index (χ1) is 18.8. The average Bonchev–Trinajstić information content (AvgIpc) is 3.27. The molecule has 0 saturated carbocycles. The predicted molar refractivity (Wildman–Crippen MR) is 139 cm³/mol. The highest BCUT2D eigenvalue weighted by atomic mass is 19.4. The van der Waals surface area contributed by atoms with Gasteiger partial charge >= 0.3 is 18.2 Å². The quantitative estimate of drug-likeness (QED) is 0.256. The van der Waals surface area contributed by atoms with Crippen molar-refractivity contribution in [3.63, 3.8) is 0 Å². The lowest BCUT2D eigenvalue weighted by Crippen LogP contribution is -2.63. The molecule has 214 valence electrons. The van der Waals surface area contributed by atoms with E-state index in [9.17, 15) is 37.1 Å². The number of carbonyl (C=O) groups is 3. The van der Waals surface area contributed by atoms with Gasteiger partial charge in [-0.3, -0.25) is 4.79 Å². The number of carboxylic acid groups (broad SMARTS) is 1. The molecule has 0 saturated heterocycles. The predicted octanol–water partition coefficient (Wildman–Crippen LogP) is 4.67. The first-order valence-electron chi connectivity index (χ1n) is 12.9. The van der Waals surface area contributed by atoms with Gasteiger partial charge in [-0.15, -0.1) is 0 Å². The second-order valence-electron chi connectivity index (χ2n) is 10.2. The van der Waals surface area contributed by atoms with Gasteiger partial charge < -0.3 is 26.0 Å². The number of aromatic amines is 1. The van der Waals surface area contributed by atoms with Gasteiger partial charge in [0, 0.05) is 24.0 Å². The molecule has 0 aliphatic heterocycles. The third-order valence-corrected chi connectivity index (χ3v) is 7.51. The van der Waals surface area contributed by atoms with Crippen molar-refractivity contribution in [3.05, 3.63) is 70.7 Å². The maximum Gasteiger partial charge on any atom is 0.418 e. The van der Waals surface area contributed by atoms with Crippen LogP contribution in [0.25, 0.3) is 10.9 Å². The van der Waals surface area contributed by atoms with Gasteiger partial charge in [0.25, 0.3) is 0 Å². The number of aliphatic carboxylic acids is 1. The average molecular weight is 563 g/mol. The maximum absolute atomic E-state index is 13.6. The number of urea groups is 1. The van der Waals surface area contributed by atoms with Crippen LogP contribution < -0.4 is 16.0 Å². The van der Waals surface area contributed by atoms with Crippen molar-refractivity contribution in [2.24, 2.45) is 5.92 Å². The Morgan fingerprint density at radius 1 is 1.15 bits per heavy atom. The lowest BCUT2D eigenvalue weighted by Gasteiger charge is -2.36. The van der Waals surface area contributed by atoms with Crippen LogP contribution in [0.15, 0.2) is 42.5 Å². The molecule has 3 unspecified atom stereocenters. The Balaban J connectivity index is 1.55. The Morgan fingerprint density at radius 2 is 1.88 bits per heavy atom. The zero-order chi connectivity index (χ0) is 29.2. The fourth-order valence-corrected chi connectivity index (χ4v) is 5.09. The van der Waals surface area contributed by atoms with Gasteiger partial charge in [0.15, 0.2) is 0 Å². The summed E-state index contributed by atoms with van der Waals surface area (Å²) in [4.78, 5) is 41.4. The fourth-order valence-electron chi connectivity index (χ4n) is 5.09. The number of para-hydroxylation sites is 1. The van der Waals surface area contributed by atoms with Gasteiger partial charge in [0.2, 0.25) is 5.91 Å². The van der Waals surface area contributed by atoms with Gasteiger partial charge in [-0.2, -0.15) is 13.2 Å². The Hall–Kier alpha value is -4.09. The number of rotatable bonds is 8. The highest BCUT2D eigenvalue weighted by Crippen LogP contribution is 2.40. The van der Waals surface area contributed by atoms with E-state index in [-0.39, 0.29) is 42.6 Å². The molecule has 4 rings (SSSR count). The van der Waals surface area contributed by atoms with E-state index in [1.807, 2.05) is 0 Å². The van der Waals surface area contributed by atoms with Crippen molar-refractivity contribution < 1.29 is 37.1 Å². The van der Waals surface area contributed by atoms with Gasteiger partial charge in [-0.25, -0.2) is 14.0 Å². The largest absolute Gasteiger partial charge is 0.479 e. The third-order valence-electron chi connectivity index (χ3n) is 7.51. The number of halogens is 4. The number of aromatic nitrogens is 1. The van der Waals surface area contributed by atoms with E-state index in [0.29, 0.717) is 23.2 Å². The number of benzene rings is 2. The molecule has 5 N–H and O–H groups in total. The molecule has 0 fully saturated rings. The zero-order valence-corrected chi connectivity index (χ0v) is 21.9. The number of hydrogen-bond acceptors (Lipinski definition) is 3. The molecule has 0 radical (unpaired) electrons. The van der Waals surface area contributed by atoms with Gasteiger partial charge in [-0.1, -0.05) is 44.5 Å². The van der Waals surface area contributed by atoms with E-state index >= 15 is 0 Å². The summed E-state index contributed by atoms with van der Waals surface area (Å²) in [6.45, 7) is 3.53. The van der Waals surface area contributed by atoms with Crippen molar-refractivity contribution >= 4 is 28.8 Å². The third kappa shape index (κ3) is 5.90. The van der Waals surface area contributed by atoms with Gasteiger partial charge in [-0.05, 0) is 48.1 Å². The number of fused-ring (bicyclic) bond motifs is 3. The molecular weight excluding hydrogens is 532 g/mol. The second kappa shape index (κ2) is 11.2. The van der Waals surface area contributed by atoms with E-state index < -0.39 is 47.0 Å². The summed E-state index contributed by atoms with van der Waals surface area (Å²) in [6.07, 6.45) is -4.31. The molecule has 1 aliphatic rings. The first-order valence-corrected chi connectivity index (χ1v) is 12.9. The summed E-state index contributed by atoms with van der Waals surface area (Å²) in [7, 11) is 0. The van der Waals surface area contributed by atoms with Gasteiger partial charge in [0.1, 0.15) is 17.4 Å². The number of aryl methyl sites for hydroxylation is 1. The molecule has 40 heavy (non-hydrogen) atoms. The Labute approximate surface area is 227 Å². The lowest BCUT2D eigenvalue weighted by molar-refractivity contribution is -0.148. The molecule has 0 spiro atoms. The molecular formula is C28H30F4N4O4. The van der Waals surface area contributed by atoms with Crippen LogP contribution in [0.3, 0.4) is 0 Å². The van der Waals surface area contributed by atoms with E-state index in [1.165, 1.54) is 30.3 Å². The van der Waals surface area contributed by atoms with E-state index in [4.69, 9.17) is 0 Å². The highest BCUT2D eigenvalue weighted by molar-refractivity contribution is 5.94. The molecule has 3 atom stereocenters. The van der Waals surface area contributed by atoms with Crippen LogP contribution in [-0.2, 0) is 35.2 Å². The van der Waals surface area contributed by atoms with Crippen molar-refractivity contribution in [3.8, 4) is 0 Å². The van der Waals surface area contributed by atoms with Crippen LogP contribution in [0.4, 0.5) is 22.4 Å². The highest BCUT2D eigenvalue weighted by Gasteiger charge is 2.46. The monoisotopic (exact) mass is 562 g/mol. The Bertz CT molecular complexity index is 1440. The minimum Gasteiger partial charge on any atom is -0.479 e. The molecule has 8 nitrogen and oxygen atoms in total. The SMILES string of the molecule is CCC(C)C(NC(=O)NCc1cccc(F)c1)C(=O)NC1(C(=O)O)CCc2[nH]c3c(C(F)(F)F)cccc3c2C1. The van der Waals surface area contributed by atoms with Crippen molar-refractivity contribution in [2.75, 3.05) is 0 Å². The van der Waals surface area contributed by atoms with Crippen molar-refractivity contribution in [1.29, 1.82) is 0 Å². The van der Waals surface area contributed by atoms with E-state index in [1.54, 1.807) is 19.9 Å². The minimum atomic E-state index is -4.60. The Morgan fingerprint density at radius 3 is 2.52 bits per heavy atom. The molecule has 1 heterocycles. The first kappa shape index (κ1) is 28.9. The van der Waals surface area contributed by atoms with E-state index in [2.05, 4.69) is 20.9 Å². The Kier molecular flexibility index (Phi) is 8.08. The minimum absolute atomic E-state index is 0.000750. The summed E-state index contributed by atoms with van der Waals surface area (Å²) in [6, 6.07) is 7.56. The fraction of sp³-hybridized carbons (Fsp3) is 0.393. The number of nitrogens with one attached hydrogen (secondary N) is 4. The number of hydrogen-bond donors (Lipinski definition) is 5. The standard InChI is InChI=1S/C28H30F4N4O4/c1-3-15(2)22(35-26(40)33-14-16-6-4-7-17(29)12-16)24(37)36-27(25(38)39)11-10-21-19(13-27)18-8-5-9-20(23(18)34-21)28(30,31)32/h4-9,12,15,22,34H,3,10-11,13-14H2,1-2H3,(H,36,37)(H,38,39)(H2,33,35,40). The smallest absolute Gasteiger partial charge is 0.418 e. The van der Waals surface area contributed by atoms with Crippen molar-refractivity contribution in [1.82, 2.24) is 20.9 Å². The number of alkyl halides is 3. The number of amides is 3. The van der Waals surface area contributed by atoms with E-state index in [0.717, 1.165) is 6.07 Å². The molecule has 1 aliphatic carbocycles. The second-order valence-corrected chi connectivity index (χ2v) is 10.2. The van der Waals surface area contributed by atoms with Crippen LogP contribution in [0.5, 0.6) is 0 Å². The molecule has 0 bridgehead atoms. The molecule has 3 amide bonds. The number of carbonyl (C=O) groups excluding carboxylic acids is 2. The molecule has 3 aromatic rings. The summed E-state index contributed by atoms with van der Waals surface area (Å²) in [5.41, 5.74) is -1.37. The summed E-state index contributed by atoms with van der Waals surface area (Å²) < 4.78 is 54.2. The summed E-state index contributed by atoms with van der Waals surface area (Å²) >= 11 is 0.